The van der Waals surface area contributed by atoms with Crippen LogP contribution in [0.4, 0.5) is 5.69 Å². The van der Waals surface area contributed by atoms with Gasteiger partial charge < -0.3 is 10.6 Å². The van der Waals surface area contributed by atoms with E-state index in [1.807, 2.05) is 24.3 Å². The van der Waals surface area contributed by atoms with Gasteiger partial charge in [-0.05, 0) is 30.9 Å². The maximum atomic E-state index is 12.1. The van der Waals surface area contributed by atoms with Crippen LogP contribution in [0, 0.1) is 5.92 Å². The minimum Gasteiger partial charge on any atom is -0.352 e. The van der Waals surface area contributed by atoms with Gasteiger partial charge in [-0.25, -0.2) is 8.42 Å². The van der Waals surface area contributed by atoms with Gasteiger partial charge in [0.1, 0.15) is 0 Å². The van der Waals surface area contributed by atoms with Gasteiger partial charge in [0.15, 0.2) is 9.84 Å². The fourth-order valence-corrected chi connectivity index (χ4v) is 4.83. The molecule has 2 N–H and O–H groups in total. The average molecular weight is 336 g/mol. The summed E-state index contributed by atoms with van der Waals surface area (Å²) in [6.45, 7) is 0. The van der Waals surface area contributed by atoms with E-state index in [0.29, 0.717) is 19.3 Å². The number of sulfone groups is 1. The minimum absolute atomic E-state index is 0.0238. The van der Waals surface area contributed by atoms with Crippen LogP contribution in [0.3, 0.4) is 0 Å². The highest BCUT2D eigenvalue weighted by atomic mass is 32.2. The monoisotopic (exact) mass is 336 g/mol. The van der Waals surface area contributed by atoms with Gasteiger partial charge in [-0.1, -0.05) is 18.2 Å². The molecular weight excluding hydrogens is 316 g/mol. The number of anilines is 1. The second-order valence-corrected chi connectivity index (χ2v) is 8.48. The third kappa shape index (κ3) is 3.90. The summed E-state index contributed by atoms with van der Waals surface area (Å²) in [7, 11) is -3.00. The highest BCUT2D eigenvalue weighted by molar-refractivity contribution is 7.91. The summed E-state index contributed by atoms with van der Waals surface area (Å²) in [5.41, 5.74) is 1.92. The molecular formula is C16H20N2O4S. The third-order valence-electron chi connectivity index (χ3n) is 4.43. The molecule has 7 heteroatoms. The van der Waals surface area contributed by atoms with Gasteiger partial charge in [-0.3, -0.25) is 9.59 Å². The first kappa shape index (κ1) is 16.0. The Kier molecular flexibility index (Phi) is 4.39. The molecule has 23 heavy (non-hydrogen) atoms. The number of carbonyl (C=O) groups is 2. The predicted molar refractivity (Wildman–Crippen MR) is 86.7 cm³/mol. The number of hydrogen-bond donors (Lipinski definition) is 2. The molecule has 2 heterocycles. The zero-order valence-electron chi connectivity index (χ0n) is 12.7. The van der Waals surface area contributed by atoms with E-state index in [2.05, 4.69) is 10.6 Å². The van der Waals surface area contributed by atoms with E-state index < -0.39 is 9.84 Å². The Morgan fingerprint density at radius 2 is 2.09 bits per heavy atom. The Balaban J connectivity index is 1.51. The summed E-state index contributed by atoms with van der Waals surface area (Å²) in [5, 5.41) is 5.63. The van der Waals surface area contributed by atoms with Gasteiger partial charge in [-0.15, -0.1) is 0 Å². The molecule has 6 nitrogen and oxygen atoms in total. The lowest BCUT2D eigenvalue weighted by Crippen LogP contribution is -2.36. The molecule has 2 atom stereocenters. The second kappa shape index (κ2) is 6.31. The number of rotatable bonds is 4. The van der Waals surface area contributed by atoms with E-state index in [4.69, 9.17) is 0 Å². The van der Waals surface area contributed by atoms with Gasteiger partial charge in [0.2, 0.25) is 11.8 Å². The number of benzene rings is 1. The number of amides is 2. The van der Waals surface area contributed by atoms with Crippen molar-refractivity contribution < 1.29 is 18.0 Å². The fourth-order valence-electron chi connectivity index (χ4n) is 3.16. The topological polar surface area (TPSA) is 92.3 Å². The molecule has 0 radical (unpaired) electrons. The summed E-state index contributed by atoms with van der Waals surface area (Å²) in [4.78, 5) is 24.0. The van der Waals surface area contributed by atoms with E-state index in [1.165, 1.54) is 0 Å². The van der Waals surface area contributed by atoms with E-state index in [0.717, 1.165) is 11.3 Å². The lowest BCUT2D eigenvalue weighted by molar-refractivity contribution is -0.123. The van der Waals surface area contributed by atoms with Crippen molar-refractivity contribution in [2.24, 2.45) is 5.92 Å². The zero-order valence-corrected chi connectivity index (χ0v) is 13.6. The summed E-state index contributed by atoms with van der Waals surface area (Å²) < 4.78 is 22.8. The zero-order chi connectivity index (χ0) is 16.4. The van der Waals surface area contributed by atoms with Crippen LogP contribution in [0.15, 0.2) is 24.3 Å². The van der Waals surface area contributed by atoms with E-state index in [1.54, 1.807) is 0 Å². The van der Waals surface area contributed by atoms with Crippen molar-refractivity contribution in [1.29, 1.82) is 0 Å². The molecule has 2 aliphatic heterocycles. The van der Waals surface area contributed by atoms with Crippen LogP contribution in [-0.4, -0.2) is 37.8 Å². The van der Waals surface area contributed by atoms with Gasteiger partial charge in [0.25, 0.3) is 0 Å². The van der Waals surface area contributed by atoms with E-state index in [-0.39, 0.29) is 41.7 Å². The average Bonchev–Trinajstić information content (AvgIpc) is 2.84. The summed E-state index contributed by atoms with van der Waals surface area (Å²) >= 11 is 0. The van der Waals surface area contributed by atoms with Crippen LogP contribution >= 0.6 is 0 Å². The molecule has 0 unspecified atom stereocenters. The minimum atomic E-state index is -3.00. The molecule has 0 spiro atoms. The van der Waals surface area contributed by atoms with Gasteiger partial charge in [-0.2, -0.15) is 0 Å². The number of para-hydroxylation sites is 1. The van der Waals surface area contributed by atoms with Crippen LogP contribution in [0.2, 0.25) is 0 Å². The SMILES string of the molecule is O=C(CC[C@@H]1Cc2ccccc2NC1=O)N[C@H]1CCS(=O)(=O)C1. The molecule has 0 bridgehead atoms. The molecule has 0 aliphatic carbocycles. The normalized spacial score (nSPS) is 25.5. The molecule has 2 aliphatic rings. The van der Waals surface area contributed by atoms with Gasteiger partial charge in [0.05, 0.1) is 11.5 Å². The number of carbonyl (C=O) groups excluding carboxylic acids is 2. The first-order chi connectivity index (χ1) is 10.9. The Bertz CT molecular complexity index is 729. The lowest BCUT2D eigenvalue weighted by Gasteiger charge is -2.24. The van der Waals surface area contributed by atoms with Crippen molar-refractivity contribution in [1.82, 2.24) is 5.32 Å². The van der Waals surface area contributed by atoms with Crippen molar-refractivity contribution in [3.05, 3.63) is 29.8 Å². The highest BCUT2D eigenvalue weighted by Gasteiger charge is 2.30. The van der Waals surface area contributed by atoms with Crippen LogP contribution in [-0.2, 0) is 25.8 Å². The van der Waals surface area contributed by atoms with Crippen LogP contribution in [0.5, 0.6) is 0 Å². The third-order valence-corrected chi connectivity index (χ3v) is 6.20. The summed E-state index contributed by atoms with van der Waals surface area (Å²) in [6.07, 6.45) is 1.81. The fraction of sp³-hybridized carbons (Fsp3) is 0.500. The Morgan fingerprint density at radius 1 is 1.30 bits per heavy atom. The Hall–Kier alpha value is -1.89. The maximum Gasteiger partial charge on any atom is 0.227 e. The van der Waals surface area contributed by atoms with Crippen LogP contribution < -0.4 is 10.6 Å². The molecule has 1 aromatic carbocycles. The van der Waals surface area contributed by atoms with Crippen LogP contribution in [0.25, 0.3) is 0 Å². The number of hydrogen-bond acceptors (Lipinski definition) is 4. The van der Waals surface area contributed by atoms with Crippen molar-refractivity contribution >= 4 is 27.3 Å². The Labute approximate surface area is 135 Å². The van der Waals surface area contributed by atoms with Crippen molar-refractivity contribution in [3.63, 3.8) is 0 Å². The molecule has 1 saturated heterocycles. The summed E-state index contributed by atoms with van der Waals surface area (Å²) in [6, 6.07) is 7.37. The second-order valence-electron chi connectivity index (χ2n) is 6.25. The first-order valence-electron chi connectivity index (χ1n) is 7.81. The predicted octanol–water partition coefficient (Wildman–Crippen LogP) is 0.881. The van der Waals surface area contributed by atoms with Crippen molar-refractivity contribution in [3.8, 4) is 0 Å². The molecule has 2 amide bonds. The van der Waals surface area contributed by atoms with E-state index >= 15 is 0 Å². The van der Waals surface area contributed by atoms with Gasteiger partial charge >= 0.3 is 0 Å². The standard InChI is InChI=1S/C16H20N2O4S/c19-15(17-13-7-8-23(21,22)10-13)6-5-12-9-11-3-1-2-4-14(11)18-16(12)20/h1-4,12-13H,5-10H2,(H,17,19)(H,18,20)/t12-,13+/m1/s1. The molecule has 124 valence electrons. The smallest absolute Gasteiger partial charge is 0.227 e. The number of nitrogens with one attached hydrogen (secondary N) is 2. The molecule has 0 aromatic heterocycles. The largest absolute Gasteiger partial charge is 0.352 e. The van der Waals surface area contributed by atoms with Crippen LogP contribution in [0.1, 0.15) is 24.8 Å². The quantitative estimate of drug-likeness (QED) is 0.854. The van der Waals surface area contributed by atoms with Crippen molar-refractivity contribution in [2.45, 2.75) is 31.7 Å². The summed E-state index contributed by atoms with van der Waals surface area (Å²) in [5.74, 6) is -0.294. The molecule has 0 saturated carbocycles. The molecule has 1 aromatic rings. The lowest BCUT2D eigenvalue weighted by atomic mass is 9.89. The van der Waals surface area contributed by atoms with E-state index in [9.17, 15) is 18.0 Å². The molecule has 3 rings (SSSR count). The van der Waals surface area contributed by atoms with Crippen molar-refractivity contribution in [2.75, 3.05) is 16.8 Å². The first-order valence-corrected chi connectivity index (χ1v) is 9.64. The number of fused-ring (bicyclic) bond motifs is 1. The van der Waals surface area contributed by atoms with Gasteiger partial charge in [0, 0.05) is 24.1 Å². The maximum absolute atomic E-state index is 12.1. The molecule has 1 fully saturated rings. The highest BCUT2D eigenvalue weighted by Crippen LogP contribution is 2.27. The Morgan fingerprint density at radius 3 is 2.83 bits per heavy atom.